The molecule has 0 fully saturated rings. The second-order valence-electron chi connectivity index (χ2n) is 14.7. The van der Waals surface area contributed by atoms with Crippen LogP contribution in [0.1, 0.15) is 0 Å². The minimum Gasteiger partial charge on any atom is -0.456 e. The Balaban J connectivity index is 1.13. The van der Waals surface area contributed by atoms with Gasteiger partial charge in [-0.1, -0.05) is 164 Å². The fraction of sp³-hybridized carbons (Fsp3) is 0. The Hall–Kier alpha value is -7.42. The summed E-state index contributed by atoms with van der Waals surface area (Å²) in [5, 5.41) is 11.8. The van der Waals surface area contributed by atoms with Crippen LogP contribution in [0.5, 0.6) is 0 Å². The Morgan fingerprint density at radius 2 is 0.714 bits per heavy atom. The molecule has 56 heavy (non-hydrogen) atoms. The van der Waals surface area contributed by atoms with Crippen molar-refractivity contribution in [3.05, 3.63) is 194 Å². The van der Waals surface area contributed by atoms with Crippen molar-refractivity contribution in [3.63, 3.8) is 0 Å². The van der Waals surface area contributed by atoms with Gasteiger partial charge in [-0.05, 0) is 96.0 Å². The van der Waals surface area contributed by atoms with Gasteiger partial charge in [0.1, 0.15) is 22.3 Å². The molecule has 2 aromatic heterocycles. The molecule has 0 saturated carbocycles. The number of rotatable bonds is 4. The molecule has 0 radical (unpaired) electrons. The molecule has 0 aliphatic rings. The van der Waals surface area contributed by atoms with E-state index >= 15 is 0 Å². The second-order valence-corrected chi connectivity index (χ2v) is 14.7. The molecule has 0 amide bonds. The minimum atomic E-state index is 0.878. The van der Waals surface area contributed by atoms with Gasteiger partial charge < -0.3 is 8.83 Å². The molecule has 0 bridgehead atoms. The van der Waals surface area contributed by atoms with Crippen LogP contribution in [-0.2, 0) is 0 Å². The van der Waals surface area contributed by atoms with Crippen LogP contribution in [0.2, 0.25) is 0 Å². The number of hydrogen-bond donors (Lipinski definition) is 0. The third-order valence-corrected chi connectivity index (χ3v) is 11.7. The summed E-state index contributed by atoms with van der Waals surface area (Å²) in [5.74, 6) is 0. The van der Waals surface area contributed by atoms with E-state index in [1.807, 2.05) is 12.1 Å². The van der Waals surface area contributed by atoms with Crippen molar-refractivity contribution in [2.24, 2.45) is 0 Å². The highest BCUT2D eigenvalue weighted by molar-refractivity contribution is 6.27. The summed E-state index contributed by atoms with van der Waals surface area (Å²) in [5.41, 5.74) is 12.9. The van der Waals surface area contributed by atoms with E-state index in [-0.39, 0.29) is 0 Å². The molecule has 2 nitrogen and oxygen atoms in total. The highest BCUT2D eigenvalue weighted by Gasteiger charge is 2.23. The molecule has 0 atom stereocenters. The van der Waals surface area contributed by atoms with E-state index in [4.69, 9.17) is 8.83 Å². The Labute approximate surface area is 322 Å². The fourth-order valence-corrected chi connectivity index (χ4v) is 9.29. The van der Waals surface area contributed by atoms with Crippen LogP contribution in [0.4, 0.5) is 0 Å². The van der Waals surface area contributed by atoms with Gasteiger partial charge in [0.25, 0.3) is 0 Å². The summed E-state index contributed by atoms with van der Waals surface area (Å²) in [6.07, 6.45) is 0. The zero-order chi connectivity index (χ0) is 36.7. The smallest absolute Gasteiger partial charge is 0.143 e. The first-order valence-corrected chi connectivity index (χ1v) is 19.2. The van der Waals surface area contributed by atoms with Crippen LogP contribution in [-0.4, -0.2) is 0 Å². The Morgan fingerprint density at radius 3 is 1.41 bits per heavy atom. The molecule has 0 saturated heterocycles. The quantitative estimate of drug-likeness (QED) is 0.170. The van der Waals surface area contributed by atoms with Crippen molar-refractivity contribution in [3.8, 4) is 44.5 Å². The molecule has 0 spiro atoms. The predicted molar refractivity (Wildman–Crippen MR) is 235 cm³/mol. The summed E-state index contributed by atoms with van der Waals surface area (Å²) < 4.78 is 13.2. The average molecular weight is 713 g/mol. The lowest BCUT2D eigenvalue weighted by Crippen LogP contribution is -1.92. The zero-order valence-electron chi connectivity index (χ0n) is 30.3. The molecule has 2 heterocycles. The first-order chi connectivity index (χ1) is 27.8. The van der Waals surface area contributed by atoms with Gasteiger partial charge in [-0.3, -0.25) is 0 Å². The molecule has 0 aliphatic heterocycles. The largest absolute Gasteiger partial charge is 0.456 e. The topological polar surface area (TPSA) is 26.3 Å². The van der Waals surface area contributed by atoms with Crippen molar-refractivity contribution in [2.75, 3.05) is 0 Å². The minimum absolute atomic E-state index is 0.878. The fourth-order valence-electron chi connectivity index (χ4n) is 9.29. The monoisotopic (exact) mass is 712 g/mol. The molecule has 12 aromatic rings. The zero-order valence-corrected chi connectivity index (χ0v) is 30.3. The number of hydrogen-bond acceptors (Lipinski definition) is 2. The van der Waals surface area contributed by atoms with Gasteiger partial charge in [0.05, 0.1) is 0 Å². The van der Waals surface area contributed by atoms with Crippen molar-refractivity contribution in [1.29, 1.82) is 0 Å². The number of furan rings is 2. The summed E-state index contributed by atoms with van der Waals surface area (Å²) in [7, 11) is 0. The van der Waals surface area contributed by atoms with E-state index in [2.05, 4.69) is 182 Å². The van der Waals surface area contributed by atoms with E-state index in [0.717, 1.165) is 71.7 Å². The van der Waals surface area contributed by atoms with E-state index in [1.54, 1.807) is 0 Å². The Bertz CT molecular complexity index is 3480. The van der Waals surface area contributed by atoms with Gasteiger partial charge in [0.2, 0.25) is 0 Å². The Kier molecular flexibility index (Phi) is 6.66. The molecular weight excluding hydrogens is 681 g/mol. The molecule has 0 aliphatic carbocycles. The number of fused-ring (bicyclic) bond motifs is 9. The first-order valence-electron chi connectivity index (χ1n) is 19.2. The van der Waals surface area contributed by atoms with Crippen LogP contribution >= 0.6 is 0 Å². The lowest BCUT2D eigenvalue weighted by atomic mass is 9.84. The lowest BCUT2D eigenvalue weighted by Gasteiger charge is -2.19. The molecule has 0 unspecified atom stereocenters. The van der Waals surface area contributed by atoms with E-state index < -0.39 is 0 Å². The summed E-state index contributed by atoms with van der Waals surface area (Å²) in [6.45, 7) is 0. The Morgan fingerprint density at radius 1 is 0.268 bits per heavy atom. The van der Waals surface area contributed by atoms with Crippen LogP contribution in [0.25, 0.3) is 121 Å². The average Bonchev–Trinajstić information content (AvgIpc) is 3.85. The van der Waals surface area contributed by atoms with Crippen molar-refractivity contribution < 1.29 is 8.83 Å². The summed E-state index contributed by atoms with van der Waals surface area (Å²) >= 11 is 0. The van der Waals surface area contributed by atoms with Crippen molar-refractivity contribution >= 4 is 76.2 Å². The standard InChI is InChI=1S/C54H32O2/c1-2-18-36-33(14-1)15-12-26-39(36)50-40-19-3-5-21-42(40)51(43-22-6-4-20-41(43)50)46-31-30-38(53-45-24-8-10-28-48(45)56-54(46)53)35-17-11-16-34(32-35)37-25-13-29-49-52(37)44-23-7-9-27-47(44)55-49/h1-32H. The van der Waals surface area contributed by atoms with E-state index in [0.29, 0.717) is 0 Å². The highest BCUT2D eigenvalue weighted by Crippen LogP contribution is 2.49. The highest BCUT2D eigenvalue weighted by atomic mass is 16.3. The maximum Gasteiger partial charge on any atom is 0.143 e. The van der Waals surface area contributed by atoms with Gasteiger partial charge in [0.15, 0.2) is 0 Å². The first kappa shape index (κ1) is 31.0. The van der Waals surface area contributed by atoms with Crippen LogP contribution in [0.3, 0.4) is 0 Å². The van der Waals surface area contributed by atoms with Crippen molar-refractivity contribution in [2.45, 2.75) is 0 Å². The van der Waals surface area contributed by atoms with Crippen molar-refractivity contribution in [1.82, 2.24) is 0 Å². The van der Waals surface area contributed by atoms with Gasteiger partial charge in [-0.25, -0.2) is 0 Å². The summed E-state index contributed by atoms with van der Waals surface area (Å²) in [6, 6.07) is 69.7. The van der Waals surface area contributed by atoms with Gasteiger partial charge >= 0.3 is 0 Å². The maximum absolute atomic E-state index is 6.97. The third-order valence-electron chi connectivity index (χ3n) is 11.7. The number of para-hydroxylation sites is 2. The molecule has 0 N–H and O–H groups in total. The molecule has 260 valence electrons. The summed E-state index contributed by atoms with van der Waals surface area (Å²) in [4.78, 5) is 0. The van der Waals surface area contributed by atoms with Crippen LogP contribution in [0.15, 0.2) is 203 Å². The number of benzene rings is 10. The lowest BCUT2D eigenvalue weighted by molar-refractivity contribution is 0.669. The molecular formula is C54H32O2. The van der Waals surface area contributed by atoms with Crippen LogP contribution in [0, 0.1) is 0 Å². The van der Waals surface area contributed by atoms with E-state index in [9.17, 15) is 0 Å². The van der Waals surface area contributed by atoms with E-state index in [1.165, 1.54) is 49.0 Å². The van der Waals surface area contributed by atoms with Gasteiger partial charge in [-0.15, -0.1) is 0 Å². The van der Waals surface area contributed by atoms with Crippen LogP contribution < -0.4 is 0 Å². The maximum atomic E-state index is 6.97. The molecule has 2 heteroatoms. The van der Waals surface area contributed by atoms with Gasteiger partial charge in [-0.2, -0.15) is 0 Å². The predicted octanol–water partition coefficient (Wildman–Crippen LogP) is 15.6. The normalized spacial score (nSPS) is 11.9. The SMILES string of the molecule is c1cc(-c2cccc3oc4ccccc4c23)cc(-c2ccc(-c3c4ccccc4c(-c4cccc5ccccc45)c4ccccc34)c3oc4ccccc4c23)c1. The third kappa shape index (κ3) is 4.50. The molecule has 10 aromatic carbocycles. The van der Waals surface area contributed by atoms with Gasteiger partial charge in [0, 0.05) is 32.7 Å². The second kappa shape index (κ2) is 12.0. The molecule has 12 rings (SSSR count).